The molecule has 0 aliphatic rings. The average molecular weight is 257 g/mol. The van der Waals surface area contributed by atoms with Gasteiger partial charge in [-0.15, -0.1) is 0 Å². The number of carbonyl (C=O) groups is 1. The lowest BCUT2D eigenvalue weighted by Gasteiger charge is -2.11. The second kappa shape index (κ2) is 6.29. The minimum atomic E-state index is 0.148. The van der Waals surface area contributed by atoms with Crippen LogP contribution in [0.2, 0.25) is 0 Å². The minimum Gasteiger partial charge on any atom is -0.349 e. The van der Waals surface area contributed by atoms with E-state index in [9.17, 15) is 4.79 Å². The Balaban J connectivity index is 1.93. The van der Waals surface area contributed by atoms with Crippen molar-refractivity contribution >= 4 is 16.7 Å². The maximum absolute atomic E-state index is 11.4. The molecule has 0 fully saturated rings. The van der Waals surface area contributed by atoms with E-state index in [0.717, 1.165) is 11.9 Å². The van der Waals surface area contributed by atoms with Gasteiger partial charge in [0.15, 0.2) is 0 Å². The first-order chi connectivity index (χ1) is 9.18. The topological polar surface area (TPSA) is 45.2 Å². The molecule has 4 nitrogen and oxygen atoms in total. The molecule has 0 atom stereocenters. The van der Waals surface area contributed by atoms with Crippen LogP contribution in [0.15, 0.2) is 36.7 Å². The highest BCUT2D eigenvalue weighted by molar-refractivity contribution is 5.84. The molecule has 1 aromatic carbocycles. The summed E-state index contributed by atoms with van der Waals surface area (Å²) >= 11 is 0. The molecule has 0 aliphatic carbocycles. The molecule has 0 saturated carbocycles. The Morgan fingerprint density at radius 1 is 1.32 bits per heavy atom. The normalized spacial score (nSPS) is 10.6. The number of rotatable bonds is 5. The van der Waals surface area contributed by atoms with E-state index in [-0.39, 0.29) is 5.91 Å². The Labute approximate surface area is 113 Å². The molecule has 19 heavy (non-hydrogen) atoms. The molecule has 0 saturated heterocycles. The maximum atomic E-state index is 11.4. The first kappa shape index (κ1) is 13.5. The van der Waals surface area contributed by atoms with Crippen molar-refractivity contribution in [1.29, 1.82) is 0 Å². The summed E-state index contributed by atoms with van der Waals surface area (Å²) in [6.07, 6.45) is 4.20. The fourth-order valence-corrected chi connectivity index (χ4v) is 1.99. The molecule has 4 heteroatoms. The molecule has 0 unspecified atom stereocenters. The molecule has 0 radical (unpaired) electrons. The van der Waals surface area contributed by atoms with E-state index in [0.29, 0.717) is 13.0 Å². The zero-order valence-electron chi connectivity index (χ0n) is 11.4. The van der Waals surface area contributed by atoms with E-state index in [1.54, 1.807) is 25.2 Å². The van der Waals surface area contributed by atoms with Crippen molar-refractivity contribution in [3.05, 3.63) is 42.2 Å². The van der Waals surface area contributed by atoms with Crippen LogP contribution in [0.25, 0.3) is 10.8 Å². The van der Waals surface area contributed by atoms with Gasteiger partial charge in [-0.1, -0.05) is 18.2 Å². The molecule has 1 N–H and O–H groups in total. The van der Waals surface area contributed by atoms with Crippen molar-refractivity contribution in [3.63, 3.8) is 0 Å². The Morgan fingerprint density at radius 3 is 2.95 bits per heavy atom. The van der Waals surface area contributed by atoms with Crippen molar-refractivity contribution in [2.24, 2.45) is 0 Å². The summed E-state index contributed by atoms with van der Waals surface area (Å²) in [5, 5.41) is 5.67. The third kappa shape index (κ3) is 3.51. The lowest BCUT2D eigenvalue weighted by atomic mass is 10.1. The van der Waals surface area contributed by atoms with Crippen LogP contribution in [0.3, 0.4) is 0 Å². The predicted molar refractivity (Wildman–Crippen MR) is 76.8 cm³/mol. The number of aromatic nitrogens is 1. The van der Waals surface area contributed by atoms with E-state index in [2.05, 4.69) is 22.4 Å². The third-order valence-corrected chi connectivity index (χ3v) is 3.10. The Bertz CT molecular complexity index is 561. The van der Waals surface area contributed by atoms with Crippen LogP contribution in [-0.4, -0.2) is 36.4 Å². The molecule has 1 amide bonds. The molecule has 0 bridgehead atoms. The van der Waals surface area contributed by atoms with Crippen molar-refractivity contribution in [3.8, 4) is 0 Å². The lowest BCUT2D eigenvalue weighted by molar-refractivity contribution is -0.128. The smallest absolute Gasteiger partial charge is 0.223 e. The number of hydrogen-bond donors (Lipinski definition) is 1. The first-order valence-electron chi connectivity index (χ1n) is 6.41. The van der Waals surface area contributed by atoms with Crippen LogP contribution in [0.5, 0.6) is 0 Å². The molecule has 1 aromatic heterocycles. The zero-order valence-corrected chi connectivity index (χ0v) is 11.4. The quantitative estimate of drug-likeness (QED) is 0.831. The summed E-state index contributed by atoms with van der Waals surface area (Å²) in [4.78, 5) is 17.2. The van der Waals surface area contributed by atoms with E-state index in [4.69, 9.17) is 0 Å². The highest BCUT2D eigenvalue weighted by atomic mass is 16.2. The number of benzene rings is 1. The van der Waals surface area contributed by atoms with Gasteiger partial charge in [0.2, 0.25) is 5.91 Å². The Kier molecular flexibility index (Phi) is 4.47. The van der Waals surface area contributed by atoms with Gasteiger partial charge >= 0.3 is 0 Å². The van der Waals surface area contributed by atoms with Gasteiger partial charge in [0, 0.05) is 51.4 Å². The van der Waals surface area contributed by atoms with Crippen LogP contribution in [0.1, 0.15) is 12.0 Å². The summed E-state index contributed by atoms with van der Waals surface area (Å²) in [5.41, 5.74) is 1.23. The molecule has 100 valence electrons. The standard InChI is InChI=1S/C15H19N3O/c1-18(2)15(19)7-9-17-11-13-5-3-4-12-10-16-8-6-14(12)13/h3-6,8,10,17H,7,9,11H2,1-2H3. The summed E-state index contributed by atoms with van der Waals surface area (Å²) < 4.78 is 0. The number of amides is 1. The first-order valence-corrected chi connectivity index (χ1v) is 6.41. The summed E-state index contributed by atoms with van der Waals surface area (Å²) in [7, 11) is 3.56. The number of pyridine rings is 1. The second-order valence-corrected chi connectivity index (χ2v) is 4.73. The van der Waals surface area contributed by atoms with Gasteiger partial charge in [0.25, 0.3) is 0 Å². The summed E-state index contributed by atoms with van der Waals surface area (Å²) in [6.45, 7) is 1.46. The van der Waals surface area contributed by atoms with E-state index >= 15 is 0 Å². The fourth-order valence-electron chi connectivity index (χ4n) is 1.99. The van der Waals surface area contributed by atoms with Crippen molar-refractivity contribution < 1.29 is 4.79 Å². The average Bonchev–Trinajstić information content (AvgIpc) is 2.43. The molecule has 2 rings (SSSR count). The van der Waals surface area contributed by atoms with Gasteiger partial charge < -0.3 is 10.2 Å². The van der Waals surface area contributed by atoms with Gasteiger partial charge in [-0.2, -0.15) is 0 Å². The predicted octanol–water partition coefficient (Wildman–Crippen LogP) is 1.80. The van der Waals surface area contributed by atoms with Gasteiger partial charge in [0.05, 0.1) is 0 Å². The number of carbonyl (C=O) groups excluding carboxylic acids is 1. The largest absolute Gasteiger partial charge is 0.349 e. The molecular weight excluding hydrogens is 238 g/mol. The van der Waals surface area contributed by atoms with Crippen LogP contribution < -0.4 is 5.32 Å². The van der Waals surface area contributed by atoms with Gasteiger partial charge in [0.1, 0.15) is 0 Å². The minimum absolute atomic E-state index is 0.148. The molecule has 2 aromatic rings. The molecule has 0 aliphatic heterocycles. The maximum Gasteiger partial charge on any atom is 0.223 e. The van der Waals surface area contributed by atoms with Crippen LogP contribution in [-0.2, 0) is 11.3 Å². The van der Waals surface area contributed by atoms with Gasteiger partial charge in [-0.3, -0.25) is 9.78 Å². The zero-order chi connectivity index (χ0) is 13.7. The van der Waals surface area contributed by atoms with E-state index in [1.807, 2.05) is 18.3 Å². The summed E-state index contributed by atoms with van der Waals surface area (Å²) in [5.74, 6) is 0.148. The van der Waals surface area contributed by atoms with Crippen molar-refractivity contribution in [2.45, 2.75) is 13.0 Å². The highest BCUT2D eigenvalue weighted by Gasteiger charge is 2.04. The highest BCUT2D eigenvalue weighted by Crippen LogP contribution is 2.16. The Morgan fingerprint density at radius 2 is 2.16 bits per heavy atom. The van der Waals surface area contributed by atoms with E-state index in [1.165, 1.54) is 10.9 Å². The molecular formula is C15H19N3O. The van der Waals surface area contributed by atoms with Gasteiger partial charge in [-0.25, -0.2) is 0 Å². The number of hydrogen-bond acceptors (Lipinski definition) is 3. The van der Waals surface area contributed by atoms with Crippen LogP contribution >= 0.6 is 0 Å². The van der Waals surface area contributed by atoms with Crippen molar-refractivity contribution in [1.82, 2.24) is 15.2 Å². The monoisotopic (exact) mass is 257 g/mol. The fraction of sp³-hybridized carbons (Fsp3) is 0.333. The van der Waals surface area contributed by atoms with Crippen LogP contribution in [0, 0.1) is 0 Å². The van der Waals surface area contributed by atoms with Crippen LogP contribution in [0.4, 0.5) is 0 Å². The van der Waals surface area contributed by atoms with Gasteiger partial charge in [-0.05, 0) is 17.0 Å². The third-order valence-electron chi connectivity index (χ3n) is 3.10. The Hall–Kier alpha value is -1.94. The van der Waals surface area contributed by atoms with Crippen molar-refractivity contribution in [2.75, 3.05) is 20.6 Å². The number of fused-ring (bicyclic) bond motifs is 1. The summed E-state index contributed by atoms with van der Waals surface area (Å²) in [6, 6.07) is 8.22. The SMILES string of the molecule is CN(C)C(=O)CCNCc1cccc2cnccc12. The number of nitrogens with zero attached hydrogens (tertiary/aromatic N) is 2. The molecule has 0 spiro atoms. The number of nitrogens with one attached hydrogen (secondary N) is 1. The molecule has 1 heterocycles. The van der Waals surface area contributed by atoms with E-state index < -0.39 is 0 Å². The lowest BCUT2D eigenvalue weighted by Crippen LogP contribution is -2.26. The second-order valence-electron chi connectivity index (χ2n) is 4.73.